The highest BCUT2D eigenvalue weighted by Gasteiger charge is 2.47. The lowest BCUT2D eigenvalue weighted by Gasteiger charge is -2.43. The highest BCUT2D eigenvalue weighted by atomic mass is 28.4. The zero-order valence-electron chi connectivity index (χ0n) is 23.6. The molecular weight excluding hydrogens is 444 g/mol. The summed E-state index contributed by atoms with van der Waals surface area (Å²) in [6, 6.07) is 10.0. The first kappa shape index (κ1) is 30.5. The first-order chi connectivity index (χ1) is 15.3. The number of hydrogen-bond donors (Lipinski definition) is 0. The van der Waals surface area contributed by atoms with Gasteiger partial charge in [0.2, 0.25) is 0 Å². The fraction of sp³-hybridized carbons (Fsp3) is 0.714. The van der Waals surface area contributed by atoms with Gasteiger partial charge in [-0.1, -0.05) is 65.0 Å². The summed E-state index contributed by atoms with van der Waals surface area (Å²) in [5.74, 6) is -1.20. The summed E-state index contributed by atoms with van der Waals surface area (Å²) in [6.07, 6.45) is -0.370. The molecule has 1 aromatic rings. The third-order valence-corrected chi connectivity index (χ3v) is 11.2. The molecule has 1 rings (SSSR count). The highest BCUT2D eigenvalue weighted by molar-refractivity contribution is 6.74. The van der Waals surface area contributed by atoms with Crippen LogP contribution in [0.5, 0.6) is 0 Å². The van der Waals surface area contributed by atoms with Crippen LogP contribution in [0.2, 0.25) is 18.1 Å². The maximum absolute atomic E-state index is 13.7. The van der Waals surface area contributed by atoms with E-state index in [0.29, 0.717) is 13.2 Å². The van der Waals surface area contributed by atoms with Crippen molar-refractivity contribution in [2.24, 2.45) is 17.3 Å². The fourth-order valence-electron chi connectivity index (χ4n) is 3.48. The lowest BCUT2D eigenvalue weighted by molar-refractivity contribution is -0.170. The summed E-state index contributed by atoms with van der Waals surface area (Å²) in [6.45, 7) is 24.6. The lowest BCUT2D eigenvalue weighted by atomic mass is 9.77. The van der Waals surface area contributed by atoms with E-state index in [1.165, 1.54) is 0 Å². The summed E-state index contributed by atoms with van der Waals surface area (Å²) in [5.41, 5.74) is -0.827. The number of carbonyl (C=O) groups excluding carboxylic acids is 2. The predicted octanol–water partition coefficient (Wildman–Crippen LogP) is 6.80. The van der Waals surface area contributed by atoms with Crippen LogP contribution < -0.4 is 0 Å². The second-order valence-electron chi connectivity index (χ2n) is 12.6. The fourth-order valence-corrected chi connectivity index (χ4v) is 4.95. The number of carbonyl (C=O) groups is 2. The zero-order chi connectivity index (χ0) is 26.5. The molecule has 0 aromatic heterocycles. The van der Waals surface area contributed by atoms with Crippen LogP contribution in [-0.2, 0) is 30.1 Å². The molecule has 0 spiro atoms. The molecule has 0 heterocycles. The van der Waals surface area contributed by atoms with E-state index >= 15 is 0 Å². The topological polar surface area (TPSA) is 61.8 Å². The minimum Gasteiger partial charge on any atom is -0.459 e. The van der Waals surface area contributed by atoms with Crippen molar-refractivity contribution in [3.05, 3.63) is 35.9 Å². The molecule has 3 atom stereocenters. The monoisotopic (exact) mass is 492 g/mol. The molecular formula is C28H48O5Si. The number of ether oxygens (including phenoxy) is 2. The molecule has 0 radical (unpaired) electrons. The van der Waals surface area contributed by atoms with Crippen molar-refractivity contribution in [3.63, 3.8) is 0 Å². The van der Waals surface area contributed by atoms with Crippen molar-refractivity contribution in [3.8, 4) is 0 Å². The molecule has 0 saturated carbocycles. The zero-order valence-corrected chi connectivity index (χ0v) is 24.6. The molecule has 0 unspecified atom stereocenters. The minimum absolute atomic E-state index is 0.0146. The Morgan fingerprint density at radius 1 is 0.912 bits per heavy atom. The van der Waals surface area contributed by atoms with Crippen molar-refractivity contribution in [1.29, 1.82) is 0 Å². The Kier molecular flexibility index (Phi) is 10.3. The first-order valence-corrected chi connectivity index (χ1v) is 15.3. The third-order valence-electron chi connectivity index (χ3n) is 6.72. The molecule has 0 N–H and O–H groups in total. The van der Waals surface area contributed by atoms with Gasteiger partial charge in [0, 0.05) is 11.8 Å². The van der Waals surface area contributed by atoms with E-state index in [0.717, 1.165) is 5.56 Å². The van der Waals surface area contributed by atoms with Crippen LogP contribution in [-0.4, -0.2) is 38.4 Å². The smallest absolute Gasteiger partial charge is 0.319 e. The van der Waals surface area contributed by atoms with Gasteiger partial charge in [0.15, 0.2) is 14.1 Å². The normalized spacial score (nSPS) is 16.0. The Bertz CT molecular complexity index is 802. The molecule has 0 bridgehead atoms. The second-order valence-corrected chi connectivity index (χ2v) is 17.4. The second kappa shape index (κ2) is 11.5. The molecule has 0 aliphatic rings. The van der Waals surface area contributed by atoms with E-state index in [-0.39, 0.29) is 22.8 Å². The van der Waals surface area contributed by atoms with E-state index in [1.807, 2.05) is 58.0 Å². The van der Waals surface area contributed by atoms with Crippen LogP contribution in [0.4, 0.5) is 0 Å². The quantitative estimate of drug-likeness (QED) is 0.193. The Labute approximate surface area is 209 Å². The van der Waals surface area contributed by atoms with Gasteiger partial charge >= 0.3 is 5.97 Å². The van der Waals surface area contributed by atoms with Gasteiger partial charge in [-0.05, 0) is 58.3 Å². The number of rotatable bonds is 11. The molecule has 5 nitrogen and oxygen atoms in total. The molecule has 0 fully saturated rings. The molecule has 0 saturated heterocycles. The maximum Gasteiger partial charge on any atom is 0.319 e. The maximum atomic E-state index is 13.7. The van der Waals surface area contributed by atoms with Gasteiger partial charge in [-0.2, -0.15) is 0 Å². The van der Waals surface area contributed by atoms with Gasteiger partial charge in [-0.3, -0.25) is 9.59 Å². The van der Waals surface area contributed by atoms with Gasteiger partial charge < -0.3 is 13.9 Å². The lowest BCUT2D eigenvalue weighted by Crippen LogP contribution is -2.52. The Hall–Kier alpha value is -1.50. The van der Waals surface area contributed by atoms with E-state index in [4.69, 9.17) is 13.9 Å². The van der Waals surface area contributed by atoms with Crippen molar-refractivity contribution in [2.45, 2.75) is 106 Å². The molecule has 1 aromatic carbocycles. The van der Waals surface area contributed by atoms with Gasteiger partial charge in [0.25, 0.3) is 0 Å². The molecule has 0 amide bonds. The van der Waals surface area contributed by atoms with Crippen LogP contribution in [0.15, 0.2) is 30.3 Å². The third kappa shape index (κ3) is 8.62. The summed E-state index contributed by atoms with van der Waals surface area (Å²) in [5, 5.41) is -0.0146. The average Bonchev–Trinajstić information content (AvgIpc) is 2.69. The largest absolute Gasteiger partial charge is 0.459 e. The standard InChI is InChI=1S/C28H48O5Si/c1-20(18-31-19-22-16-14-13-15-17-22)23(33-34(11,12)27(6,7)8)21(2)24(29)28(9,10)25(30)32-26(3,4)5/h13-17,20-21,23H,18-19H2,1-12H3/t20-,21+,23-/m0/s1. The van der Waals surface area contributed by atoms with Crippen molar-refractivity contribution in [2.75, 3.05) is 6.61 Å². The van der Waals surface area contributed by atoms with E-state index in [2.05, 4.69) is 40.8 Å². The van der Waals surface area contributed by atoms with E-state index in [1.54, 1.807) is 13.8 Å². The summed E-state index contributed by atoms with van der Waals surface area (Å²) in [4.78, 5) is 26.6. The number of esters is 1. The number of Topliss-reactive ketones (excluding diaryl/α,β-unsaturated/α-hetero) is 1. The van der Waals surface area contributed by atoms with Crippen molar-refractivity contribution in [1.82, 2.24) is 0 Å². The highest BCUT2D eigenvalue weighted by Crippen LogP contribution is 2.40. The van der Waals surface area contributed by atoms with Gasteiger partial charge in [-0.25, -0.2) is 0 Å². The molecule has 0 aliphatic carbocycles. The van der Waals surface area contributed by atoms with Crippen LogP contribution in [0.25, 0.3) is 0 Å². The van der Waals surface area contributed by atoms with E-state index < -0.39 is 31.2 Å². The Morgan fingerprint density at radius 3 is 1.91 bits per heavy atom. The predicted molar refractivity (Wildman–Crippen MR) is 141 cm³/mol. The Balaban J connectivity index is 3.12. The molecule has 6 heteroatoms. The van der Waals surface area contributed by atoms with Gasteiger partial charge in [0.1, 0.15) is 11.0 Å². The van der Waals surface area contributed by atoms with Crippen molar-refractivity contribution >= 4 is 20.1 Å². The SMILES string of the molecule is C[C@@H](COCc1ccccc1)[C@H](O[Si](C)(C)C(C)(C)C)[C@@H](C)C(=O)C(C)(C)C(=O)OC(C)(C)C. The first-order valence-electron chi connectivity index (χ1n) is 12.4. The number of hydrogen-bond acceptors (Lipinski definition) is 5. The summed E-state index contributed by atoms with van der Waals surface area (Å²) < 4.78 is 18.4. The van der Waals surface area contributed by atoms with Crippen LogP contribution in [0.3, 0.4) is 0 Å². The summed E-state index contributed by atoms with van der Waals surface area (Å²) >= 11 is 0. The number of ketones is 1. The number of benzene rings is 1. The molecule has 34 heavy (non-hydrogen) atoms. The minimum atomic E-state index is -2.19. The molecule has 0 aliphatic heterocycles. The van der Waals surface area contributed by atoms with Crippen LogP contribution >= 0.6 is 0 Å². The van der Waals surface area contributed by atoms with E-state index in [9.17, 15) is 9.59 Å². The molecule has 194 valence electrons. The van der Waals surface area contributed by atoms with Crippen molar-refractivity contribution < 1.29 is 23.5 Å². The van der Waals surface area contributed by atoms with Gasteiger partial charge in [0.05, 0.1) is 19.3 Å². The van der Waals surface area contributed by atoms with Gasteiger partial charge in [-0.15, -0.1) is 0 Å². The Morgan fingerprint density at radius 2 is 1.44 bits per heavy atom. The van der Waals surface area contributed by atoms with Crippen LogP contribution in [0, 0.1) is 17.3 Å². The van der Waals surface area contributed by atoms with Crippen LogP contribution in [0.1, 0.15) is 74.8 Å². The summed E-state index contributed by atoms with van der Waals surface area (Å²) in [7, 11) is -2.19. The average molecular weight is 493 g/mol.